The molecule has 2 nitrogen and oxygen atoms in total. The molecule has 0 aliphatic heterocycles. The second kappa shape index (κ2) is 8.59. The van der Waals surface area contributed by atoms with E-state index in [0.717, 1.165) is 18.3 Å². The molecule has 0 aromatic rings. The highest BCUT2D eigenvalue weighted by molar-refractivity contribution is 9.09. The second-order valence-corrected chi connectivity index (χ2v) is 15.9. The molecule has 9 atom stereocenters. The quantitative estimate of drug-likeness (QED) is 0.274. The van der Waals surface area contributed by atoms with Crippen LogP contribution in [0.4, 0.5) is 0 Å². The van der Waals surface area contributed by atoms with Crippen molar-refractivity contribution >= 4 is 15.9 Å². The number of fused-ring (bicyclic) bond motifs is 4. The summed E-state index contributed by atoms with van der Waals surface area (Å²) in [5.74, 6) is 2.73. The Balaban J connectivity index is 1.62. The van der Waals surface area contributed by atoms with Crippen LogP contribution >= 0.6 is 15.9 Å². The summed E-state index contributed by atoms with van der Waals surface area (Å²) < 4.78 is 0. The molecule has 0 heterocycles. The molecule has 4 aliphatic carbocycles. The average molecular weight is 538 g/mol. The van der Waals surface area contributed by atoms with Crippen LogP contribution in [-0.4, -0.2) is 26.7 Å². The number of hydrogen-bond acceptors (Lipinski definition) is 2. The summed E-state index contributed by atoms with van der Waals surface area (Å²) in [4.78, 5) is -0.295. The summed E-state index contributed by atoms with van der Waals surface area (Å²) in [5.41, 5.74) is 4.25. The third-order valence-electron chi connectivity index (χ3n) is 12.7. The summed E-state index contributed by atoms with van der Waals surface area (Å²) >= 11 is 3.58. The van der Waals surface area contributed by atoms with Crippen LogP contribution in [0, 0.1) is 45.3 Å². The number of aliphatic hydroxyl groups excluding tert-OH is 1. The van der Waals surface area contributed by atoms with E-state index in [-0.39, 0.29) is 4.83 Å². The fraction of sp³-hybridized carbons (Fsp3) is 0.935. The van der Waals surface area contributed by atoms with Crippen molar-refractivity contribution in [1.82, 2.24) is 0 Å². The molecule has 2 saturated carbocycles. The van der Waals surface area contributed by atoms with Gasteiger partial charge in [0, 0.05) is 0 Å². The predicted molar refractivity (Wildman–Crippen MR) is 147 cm³/mol. The minimum absolute atomic E-state index is 0.295. The monoisotopic (exact) mass is 536 g/mol. The van der Waals surface area contributed by atoms with Crippen molar-refractivity contribution in [1.29, 1.82) is 0 Å². The van der Waals surface area contributed by atoms with E-state index in [1.54, 1.807) is 13.8 Å². The molecule has 4 rings (SSSR count). The molecule has 0 aromatic carbocycles. The molecule has 0 radical (unpaired) electrons. The van der Waals surface area contributed by atoms with E-state index in [0.29, 0.717) is 33.5 Å². The van der Waals surface area contributed by atoms with Gasteiger partial charge >= 0.3 is 0 Å². The van der Waals surface area contributed by atoms with Crippen LogP contribution in [0.25, 0.3) is 0 Å². The van der Waals surface area contributed by atoms with E-state index >= 15 is 0 Å². The third kappa shape index (κ3) is 3.84. The maximum Gasteiger partial charge on any atom is 0.0741 e. The topological polar surface area (TPSA) is 40.5 Å². The molecule has 196 valence electrons. The maximum atomic E-state index is 10.9. The van der Waals surface area contributed by atoms with Gasteiger partial charge in [-0.25, -0.2) is 0 Å². The first-order chi connectivity index (χ1) is 15.5. The fourth-order valence-corrected chi connectivity index (χ4v) is 10.2. The Morgan fingerprint density at radius 2 is 1.62 bits per heavy atom. The zero-order valence-corrected chi connectivity index (χ0v) is 25.2. The molecule has 34 heavy (non-hydrogen) atoms. The molecule has 3 heteroatoms. The van der Waals surface area contributed by atoms with Gasteiger partial charge in [-0.3, -0.25) is 0 Å². The summed E-state index contributed by atoms with van der Waals surface area (Å²) in [6.45, 7) is 21.4. The van der Waals surface area contributed by atoms with Crippen molar-refractivity contribution in [2.24, 2.45) is 45.3 Å². The summed E-state index contributed by atoms with van der Waals surface area (Å²) in [6.07, 6.45) is 10.8. The molecule has 0 amide bonds. The van der Waals surface area contributed by atoms with Crippen LogP contribution in [0.5, 0.6) is 0 Å². The Labute approximate surface area is 218 Å². The minimum atomic E-state index is -0.920. The minimum Gasteiger partial charge on any atom is -0.392 e. The molecule has 0 bridgehead atoms. The smallest absolute Gasteiger partial charge is 0.0741 e. The molecule has 0 saturated heterocycles. The van der Waals surface area contributed by atoms with Crippen molar-refractivity contribution in [2.45, 2.75) is 137 Å². The largest absolute Gasteiger partial charge is 0.392 e. The molecule has 2 fully saturated rings. The van der Waals surface area contributed by atoms with E-state index < -0.39 is 11.7 Å². The van der Waals surface area contributed by atoms with Gasteiger partial charge in [-0.2, -0.15) is 0 Å². The first-order valence-corrected chi connectivity index (χ1v) is 15.2. The fourth-order valence-electron chi connectivity index (χ4n) is 9.96. The van der Waals surface area contributed by atoms with Crippen LogP contribution < -0.4 is 0 Å². The lowest BCUT2D eigenvalue weighted by Crippen LogP contribution is -2.53. The van der Waals surface area contributed by atoms with Gasteiger partial charge in [-0.15, -0.1) is 0 Å². The highest BCUT2D eigenvalue weighted by Crippen LogP contribution is 2.72. The molecule has 4 aliphatic rings. The number of halogens is 1. The van der Waals surface area contributed by atoms with E-state index in [9.17, 15) is 10.2 Å². The Kier molecular flexibility index (Phi) is 6.87. The lowest BCUT2D eigenvalue weighted by molar-refractivity contribution is -0.0496. The lowest BCUT2D eigenvalue weighted by atomic mass is 9.42. The normalized spacial score (nSPS) is 44.6. The zero-order valence-electron chi connectivity index (χ0n) is 23.6. The number of rotatable bonds is 5. The van der Waals surface area contributed by atoms with Crippen LogP contribution in [0.2, 0.25) is 0 Å². The van der Waals surface area contributed by atoms with Crippen LogP contribution in [-0.2, 0) is 0 Å². The Morgan fingerprint density at radius 1 is 0.971 bits per heavy atom. The lowest BCUT2D eigenvalue weighted by Gasteiger charge is -2.62. The highest BCUT2D eigenvalue weighted by Gasteiger charge is 2.63. The van der Waals surface area contributed by atoms with E-state index in [2.05, 4.69) is 64.4 Å². The second-order valence-electron chi connectivity index (χ2n) is 15.0. The predicted octanol–water partition coefficient (Wildman–Crippen LogP) is 8.29. The van der Waals surface area contributed by atoms with E-state index in [1.807, 2.05) is 11.1 Å². The summed E-state index contributed by atoms with van der Waals surface area (Å²) in [5, 5.41) is 21.3. The van der Waals surface area contributed by atoms with Gasteiger partial charge in [0.15, 0.2) is 0 Å². The van der Waals surface area contributed by atoms with Gasteiger partial charge in [-0.05, 0) is 117 Å². The van der Waals surface area contributed by atoms with Gasteiger partial charge in [0.25, 0.3) is 0 Å². The van der Waals surface area contributed by atoms with Crippen LogP contribution in [0.15, 0.2) is 11.1 Å². The van der Waals surface area contributed by atoms with Gasteiger partial charge in [0.1, 0.15) is 0 Å². The Hall–Kier alpha value is 0.140. The number of alkyl halides is 1. The number of aliphatic hydroxyl groups is 2. The van der Waals surface area contributed by atoms with Gasteiger partial charge in [0.05, 0.1) is 16.5 Å². The zero-order chi connectivity index (χ0) is 25.5. The molecule has 0 aromatic heterocycles. The SMILES string of the molecule is C[C@H](CC(O)C(Br)C(C)(C)O)[C@H]1CC[C@@]2(C)C3=C(CC[C@]12C)[C@@]1(C)CC[C@H](C)C(C)(C)[C@@H]1CC3. The van der Waals surface area contributed by atoms with Gasteiger partial charge in [0.2, 0.25) is 0 Å². The molecular weight excluding hydrogens is 484 g/mol. The molecular formula is C31H53BrO2. The van der Waals surface area contributed by atoms with Gasteiger partial charge < -0.3 is 10.2 Å². The standard InChI is InChI=1S/C31H53BrO2/c1-19(18-24(33)26(32)28(5,6)34)21-13-16-31(9)23-10-11-25-27(3,4)20(2)12-15-29(25,7)22(23)14-17-30(21,31)8/h19-21,24-26,33-34H,10-18H2,1-9H3/t19-,20+,21-,24?,25+,26?,29-,30-,31+/m1/s1. The summed E-state index contributed by atoms with van der Waals surface area (Å²) in [6, 6.07) is 0. The van der Waals surface area contributed by atoms with Gasteiger partial charge in [-0.1, -0.05) is 75.5 Å². The third-order valence-corrected chi connectivity index (χ3v) is 14.4. The van der Waals surface area contributed by atoms with E-state index in [4.69, 9.17) is 0 Å². The van der Waals surface area contributed by atoms with Crippen molar-refractivity contribution < 1.29 is 10.2 Å². The number of hydrogen-bond donors (Lipinski definition) is 2. The molecule has 0 spiro atoms. The number of allylic oxidation sites excluding steroid dienone is 2. The van der Waals surface area contributed by atoms with Crippen molar-refractivity contribution in [3.63, 3.8) is 0 Å². The van der Waals surface area contributed by atoms with Crippen molar-refractivity contribution in [3.8, 4) is 0 Å². The van der Waals surface area contributed by atoms with Crippen LogP contribution in [0.3, 0.4) is 0 Å². The molecule has 2 unspecified atom stereocenters. The Bertz CT molecular complexity index is 824. The first kappa shape index (κ1) is 27.2. The van der Waals surface area contributed by atoms with Crippen molar-refractivity contribution in [3.05, 3.63) is 11.1 Å². The maximum absolute atomic E-state index is 10.9. The van der Waals surface area contributed by atoms with Crippen molar-refractivity contribution in [2.75, 3.05) is 0 Å². The first-order valence-electron chi connectivity index (χ1n) is 14.3. The molecule has 2 N–H and O–H groups in total. The average Bonchev–Trinajstić information content (AvgIpc) is 3.01. The Morgan fingerprint density at radius 3 is 2.24 bits per heavy atom. The summed E-state index contributed by atoms with van der Waals surface area (Å²) in [7, 11) is 0. The van der Waals surface area contributed by atoms with Crippen LogP contribution in [0.1, 0.15) is 120 Å². The highest BCUT2D eigenvalue weighted by atomic mass is 79.9. The van der Waals surface area contributed by atoms with E-state index in [1.165, 1.54) is 51.4 Å².